The van der Waals surface area contributed by atoms with E-state index >= 15 is 0 Å². The van der Waals surface area contributed by atoms with Crippen LogP contribution in [0.3, 0.4) is 0 Å². The number of carbonyl (C=O) groups is 4. The number of carbonyl (C=O) groups excluding carboxylic acids is 4. The SMILES string of the molecule is CC(=O)[C@]12CCCN3CCc4c(n(c5ccccc45)C(=O)C1)[C@@H]32.CC(=O)[C@]12CCCN3CCc4c(n(c5ccccc45)C(=O)C1)[C@@H]32. The van der Waals surface area contributed by atoms with Gasteiger partial charge in [-0.3, -0.25) is 38.1 Å². The first-order chi connectivity index (χ1) is 22.3. The van der Waals surface area contributed by atoms with Crippen molar-refractivity contribution >= 4 is 45.2 Å². The molecule has 2 aromatic carbocycles. The third kappa shape index (κ3) is 3.52. The van der Waals surface area contributed by atoms with Gasteiger partial charge in [-0.25, -0.2) is 0 Å². The number of benzene rings is 2. The van der Waals surface area contributed by atoms with Gasteiger partial charge in [0.2, 0.25) is 11.8 Å². The van der Waals surface area contributed by atoms with E-state index in [0.29, 0.717) is 12.8 Å². The summed E-state index contributed by atoms with van der Waals surface area (Å²) in [5, 5.41) is 2.39. The van der Waals surface area contributed by atoms with Crippen LogP contribution in [0.15, 0.2) is 48.5 Å². The Balaban J connectivity index is 0.000000127. The average Bonchev–Trinajstić information content (AvgIpc) is 3.59. The van der Waals surface area contributed by atoms with E-state index in [1.807, 2.05) is 45.5 Å². The molecule has 10 rings (SSSR count). The summed E-state index contributed by atoms with van der Waals surface area (Å²) in [7, 11) is 0. The largest absolute Gasteiger partial charge is 0.299 e. The van der Waals surface area contributed by atoms with Crippen LogP contribution in [0.25, 0.3) is 21.8 Å². The maximum absolute atomic E-state index is 13.0. The van der Waals surface area contributed by atoms with Crippen LogP contribution in [0.4, 0.5) is 0 Å². The lowest BCUT2D eigenvalue weighted by Crippen LogP contribution is -2.56. The molecular formula is C38H40N4O4. The molecule has 0 spiro atoms. The summed E-state index contributed by atoms with van der Waals surface area (Å²) in [4.78, 5) is 56.1. The summed E-state index contributed by atoms with van der Waals surface area (Å²) in [6, 6.07) is 16.6. The normalized spacial score (nSPS) is 29.6. The van der Waals surface area contributed by atoms with Gasteiger partial charge >= 0.3 is 0 Å². The zero-order valence-electron chi connectivity index (χ0n) is 26.7. The van der Waals surface area contributed by atoms with E-state index in [1.54, 1.807) is 13.8 Å². The zero-order valence-corrected chi connectivity index (χ0v) is 26.7. The van der Waals surface area contributed by atoms with E-state index < -0.39 is 10.8 Å². The Morgan fingerprint density at radius 1 is 0.630 bits per heavy atom. The molecule has 6 aliphatic heterocycles. The molecule has 2 aromatic heterocycles. The summed E-state index contributed by atoms with van der Waals surface area (Å²) in [6.07, 6.45) is 6.37. The fraction of sp³-hybridized carbons (Fsp3) is 0.474. The van der Waals surface area contributed by atoms with Crippen molar-refractivity contribution in [3.8, 4) is 0 Å². The minimum atomic E-state index is -0.505. The van der Waals surface area contributed by atoms with Gasteiger partial charge in [-0.1, -0.05) is 36.4 Å². The third-order valence-corrected chi connectivity index (χ3v) is 12.6. The second-order valence-corrected chi connectivity index (χ2v) is 14.6. The fourth-order valence-electron chi connectivity index (χ4n) is 10.6. The molecule has 4 atom stereocenters. The highest BCUT2D eigenvalue weighted by atomic mass is 16.2. The lowest BCUT2D eigenvalue weighted by atomic mass is 9.64. The Hall–Kier alpha value is -3.88. The van der Waals surface area contributed by atoms with Gasteiger partial charge in [0.25, 0.3) is 0 Å². The Labute approximate surface area is 268 Å². The maximum Gasteiger partial charge on any atom is 0.232 e. The summed E-state index contributed by atoms with van der Waals surface area (Å²) < 4.78 is 3.85. The van der Waals surface area contributed by atoms with Crippen LogP contribution in [-0.4, -0.2) is 68.5 Å². The molecule has 0 N–H and O–H groups in total. The second kappa shape index (κ2) is 9.81. The predicted molar refractivity (Wildman–Crippen MR) is 175 cm³/mol. The topological polar surface area (TPSA) is 84.6 Å². The predicted octanol–water partition coefficient (Wildman–Crippen LogP) is 5.91. The molecule has 236 valence electrons. The number of nitrogens with zero attached hydrogens (tertiary/aromatic N) is 4. The van der Waals surface area contributed by atoms with Crippen molar-refractivity contribution in [1.29, 1.82) is 0 Å². The molecule has 8 heteroatoms. The van der Waals surface area contributed by atoms with Gasteiger partial charge in [0, 0.05) is 48.1 Å². The van der Waals surface area contributed by atoms with Crippen molar-refractivity contribution in [2.45, 2.75) is 77.3 Å². The molecular weight excluding hydrogens is 576 g/mol. The Morgan fingerprint density at radius 3 is 1.46 bits per heavy atom. The molecule has 0 bridgehead atoms. The van der Waals surface area contributed by atoms with Crippen LogP contribution in [0, 0.1) is 10.8 Å². The van der Waals surface area contributed by atoms with Crippen molar-refractivity contribution in [1.82, 2.24) is 18.9 Å². The minimum Gasteiger partial charge on any atom is -0.299 e. The van der Waals surface area contributed by atoms with Gasteiger partial charge in [-0.15, -0.1) is 0 Å². The lowest BCUT2D eigenvalue weighted by molar-refractivity contribution is -0.137. The number of rotatable bonds is 2. The third-order valence-electron chi connectivity index (χ3n) is 12.6. The Bertz CT molecular complexity index is 1880. The van der Waals surface area contributed by atoms with Crippen molar-refractivity contribution in [3.05, 3.63) is 71.0 Å². The standard InChI is InChI=1S/2C19H20N2O2/c2*1-12(22)19-8-4-9-20-10-7-14-13-5-2-3-6-15(13)21(16(23)11-19)17(14)18(19)20/h2*2-3,5-6,18H,4,7-11H2,1H3/t2*18-,19+/m11/s1. The van der Waals surface area contributed by atoms with Gasteiger partial charge in [-0.2, -0.15) is 0 Å². The van der Waals surface area contributed by atoms with Crippen molar-refractivity contribution in [3.63, 3.8) is 0 Å². The Kier molecular flexibility index (Phi) is 6.05. The zero-order chi connectivity index (χ0) is 31.5. The molecule has 2 fully saturated rings. The summed E-state index contributed by atoms with van der Waals surface area (Å²) in [6.45, 7) is 7.43. The maximum atomic E-state index is 13.0. The van der Waals surface area contributed by atoms with Crippen LogP contribution >= 0.6 is 0 Å². The smallest absolute Gasteiger partial charge is 0.232 e. The first kappa shape index (κ1) is 28.4. The summed E-state index contributed by atoms with van der Waals surface area (Å²) in [5.41, 5.74) is 5.85. The number of ketones is 2. The fourth-order valence-corrected chi connectivity index (χ4v) is 10.6. The average molecular weight is 617 g/mol. The number of para-hydroxylation sites is 2. The van der Waals surface area contributed by atoms with E-state index in [9.17, 15) is 19.2 Å². The molecule has 46 heavy (non-hydrogen) atoms. The van der Waals surface area contributed by atoms with Crippen LogP contribution in [0.5, 0.6) is 0 Å². The first-order valence-corrected chi connectivity index (χ1v) is 17.1. The number of hydrogen-bond acceptors (Lipinski definition) is 6. The van der Waals surface area contributed by atoms with E-state index in [0.717, 1.165) is 87.1 Å². The molecule has 0 radical (unpaired) electrons. The lowest BCUT2D eigenvalue weighted by Gasteiger charge is -2.53. The number of Topliss-reactive ketones (excluding diaryl/α,β-unsaturated/α-hetero) is 2. The van der Waals surface area contributed by atoms with E-state index in [2.05, 4.69) is 21.9 Å². The highest BCUT2D eigenvalue weighted by Gasteiger charge is 2.58. The van der Waals surface area contributed by atoms with E-state index in [-0.39, 0.29) is 35.5 Å². The monoisotopic (exact) mass is 616 g/mol. The van der Waals surface area contributed by atoms with Gasteiger partial charge < -0.3 is 0 Å². The number of piperidine rings is 2. The van der Waals surface area contributed by atoms with Gasteiger partial charge in [0.1, 0.15) is 11.6 Å². The molecule has 8 heterocycles. The number of fused-ring (bicyclic) bond motifs is 6. The Morgan fingerprint density at radius 2 is 1.04 bits per heavy atom. The van der Waals surface area contributed by atoms with Crippen LogP contribution in [0.1, 0.15) is 96.6 Å². The molecule has 4 aromatic rings. The first-order valence-electron chi connectivity index (χ1n) is 17.1. The summed E-state index contributed by atoms with van der Waals surface area (Å²) in [5.74, 6) is 0.560. The molecule has 6 aliphatic rings. The van der Waals surface area contributed by atoms with Gasteiger partial charge in [0.15, 0.2) is 0 Å². The summed E-state index contributed by atoms with van der Waals surface area (Å²) >= 11 is 0. The highest BCUT2D eigenvalue weighted by molar-refractivity contribution is 6.02. The van der Waals surface area contributed by atoms with E-state index in [4.69, 9.17) is 0 Å². The molecule has 0 aliphatic carbocycles. The van der Waals surface area contributed by atoms with Crippen LogP contribution in [-0.2, 0) is 22.4 Å². The highest BCUT2D eigenvalue weighted by Crippen LogP contribution is 2.57. The van der Waals surface area contributed by atoms with Crippen molar-refractivity contribution in [2.75, 3.05) is 26.2 Å². The molecule has 8 nitrogen and oxygen atoms in total. The van der Waals surface area contributed by atoms with Crippen LogP contribution < -0.4 is 0 Å². The second-order valence-electron chi connectivity index (χ2n) is 14.6. The molecule has 0 unspecified atom stereocenters. The van der Waals surface area contributed by atoms with Gasteiger partial charge in [0.05, 0.1) is 33.9 Å². The van der Waals surface area contributed by atoms with Crippen LogP contribution in [0.2, 0.25) is 0 Å². The van der Waals surface area contributed by atoms with Crippen molar-refractivity contribution < 1.29 is 19.2 Å². The minimum absolute atomic E-state index is 0.0857. The number of hydrogen-bond donors (Lipinski definition) is 0. The molecule has 0 saturated carbocycles. The quantitative estimate of drug-likeness (QED) is 0.279. The molecule has 2 saturated heterocycles. The van der Waals surface area contributed by atoms with Crippen molar-refractivity contribution in [2.24, 2.45) is 10.8 Å². The molecule has 0 amide bonds. The van der Waals surface area contributed by atoms with Gasteiger partial charge in [-0.05, 0) is 88.7 Å². The van der Waals surface area contributed by atoms with E-state index in [1.165, 1.54) is 21.9 Å². The number of aromatic nitrogens is 2.